The molecule has 0 atom stereocenters. The number of nitrogens with one attached hydrogen (secondary N) is 2. The van der Waals surface area contributed by atoms with E-state index in [1.54, 1.807) is 5.32 Å². The number of piperidine rings is 1. The van der Waals surface area contributed by atoms with Crippen molar-refractivity contribution in [2.45, 2.75) is 23.2 Å². The summed E-state index contributed by atoms with van der Waals surface area (Å²) < 4.78 is 17.6. The molecule has 4 amide bonds. The van der Waals surface area contributed by atoms with Crippen molar-refractivity contribution in [3.8, 4) is 0 Å². The van der Waals surface area contributed by atoms with E-state index in [9.17, 15) is 23.6 Å². The highest BCUT2D eigenvalue weighted by Gasteiger charge is 2.34. The number of benzene rings is 1. The first-order valence-corrected chi connectivity index (χ1v) is 12.0. The molecule has 2 N–H and O–H groups in total. The highest BCUT2D eigenvalue weighted by Crippen LogP contribution is 2.30. The van der Waals surface area contributed by atoms with Crippen molar-refractivity contribution in [1.82, 2.24) is 15.2 Å². The number of anilines is 1. The lowest BCUT2D eigenvalue weighted by molar-refractivity contribution is -0.119. The number of ether oxygens (including phenoxy) is 1. The van der Waals surface area contributed by atoms with Crippen molar-refractivity contribution in [1.29, 1.82) is 0 Å². The number of amides is 4. The number of alkyl halides is 3. The topological polar surface area (TPSA) is 118 Å². The Bertz CT molecular complexity index is 1160. The minimum absolute atomic E-state index is 0.117. The van der Waals surface area contributed by atoms with Gasteiger partial charge in [-0.2, -0.15) is 0 Å². The molecule has 192 valence electrons. The monoisotopic (exact) mass is 578 g/mol. The quantitative estimate of drug-likeness (QED) is 0.288. The van der Waals surface area contributed by atoms with Crippen LogP contribution in [0.25, 0.3) is 0 Å². The molecule has 36 heavy (non-hydrogen) atoms. The molecule has 0 bridgehead atoms. The van der Waals surface area contributed by atoms with Crippen LogP contribution in [0.1, 0.15) is 28.8 Å². The Balaban J connectivity index is 1.64. The Morgan fingerprint density at radius 3 is 2.36 bits per heavy atom. The van der Waals surface area contributed by atoms with Crippen LogP contribution in [0.15, 0.2) is 36.5 Å². The molecule has 9 nitrogen and oxygen atoms in total. The average molecular weight is 580 g/mol. The van der Waals surface area contributed by atoms with E-state index < -0.39 is 50.2 Å². The van der Waals surface area contributed by atoms with E-state index in [4.69, 9.17) is 51.1 Å². The Labute approximate surface area is 225 Å². The third-order valence-electron chi connectivity index (χ3n) is 5.29. The molecule has 1 aromatic carbocycles. The number of hydrogen-bond donors (Lipinski definition) is 2. The van der Waals surface area contributed by atoms with Crippen molar-refractivity contribution in [3.63, 3.8) is 0 Å². The van der Waals surface area contributed by atoms with Crippen LogP contribution in [0.2, 0.25) is 5.15 Å². The number of imide groups is 1. The third kappa shape index (κ3) is 7.19. The van der Waals surface area contributed by atoms with Gasteiger partial charge in [-0.15, -0.1) is 0 Å². The molecule has 1 aromatic heterocycles. The highest BCUT2D eigenvalue weighted by atomic mass is 35.6. The number of aromatic nitrogens is 1. The molecule has 0 spiro atoms. The second kappa shape index (κ2) is 12.1. The molecule has 1 aliphatic heterocycles. The summed E-state index contributed by atoms with van der Waals surface area (Å²) >= 11 is 21.9. The highest BCUT2D eigenvalue weighted by molar-refractivity contribution is 6.76. The van der Waals surface area contributed by atoms with E-state index in [1.165, 1.54) is 4.90 Å². The number of ketones is 1. The summed E-state index contributed by atoms with van der Waals surface area (Å²) in [6, 6.07) is 7.93. The van der Waals surface area contributed by atoms with Crippen LogP contribution in [0.3, 0.4) is 0 Å². The van der Waals surface area contributed by atoms with Gasteiger partial charge in [0.15, 0.2) is 16.8 Å². The van der Waals surface area contributed by atoms with Crippen molar-refractivity contribution in [2.24, 2.45) is 5.92 Å². The van der Waals surface area contributed by atoms with E-state index >= 15 is 0 Å². The lowest BCUT2D eigenvalue weighted by Gasteiger charge is -2.30. The normalized spacial score (nSPS) is 14.2. The summed E-state index contributed by atoms with van der Waals surface area (Å²) in [6.07, 6.45) is 1.03. The van der Waals surface area contributed by atoms with Crippen LogP contribution in [-0.4, -0.2) is 50.6 Å². The Hall–Kier alpha value is -2.66. The van der Waals surface area contributed by atoms with Gasteiger partial charge in [0, 0.05) is 25.2 Å². The molecular weight excluding hydrogens is 561 g/mol. The minimum atomic E-state index is -2.44. The van der Waals surface area contributed by atoms with Crippen LogP contribution < -0.4 is 10.6 Å². The molecule has 1 fully saturated rings. The fourth-order valence-electron chi connectivity index (χ4n) is 3.45. The number of likely N-dealkylation sites (tertiary alicyclic amines) is 1. The van der Waals surface area contributed by atoms with Crippen LogP contribution in [-0.2, 0) is 16.1 Å². The summed E-state index contributed by atoms with van der Waals surface area (Å²) in [6.45, 7) is 0.579. The SMILES string of the molecule is O=C(NC(=O)C(Cl)(Cl)Cl)Nc1c(C(=O)C2CCN(C(=O)OCc3ccccc3)CC2)cnc(Cl)c1F. The average Bonchev–Trinajstić information content (AvgIpc) is 2.85. The van der Waals surface area contributed by atoms with Crippen molar-refractivity contribution >= 4 is 75.9 Å². The van der Waals surface area contributed by atoms with Crippen molar-refractivity contribution in [2.75, 3.05) is 18.4 Å². The zero-order chi connectivity index (χ0) is 26.5. The molecule has 1 aliphatic rings. The first kappa shape index (κ1) is 27.9. The van der Waals surface area contributed by atoms with Gasteiger partial charge in [0.2, 0.25) is 0 Å². The number of carbonyl (C=O) groups is 4. The number of Topliss-reactive ketones (excluding diaryl/α,β-unsaturated/α-hetero) is 1. The molecule has 0 radical (unpaired) electrons. The summed E-state index contributed by atoms with van der Waals surface area (Å²) in [5.74, 6) is -3.60. The molecular formula is C22H19Cl4FN4O5. The lowest BCUT2D eigenvalue weighted by Crippen LogP contribution is -2.42. The Kier molecular flexibility index (Phi) is 9.35. The molecule has 1 saturated heterocycles. The van der Waals surface area contributed by atoms with E-state index in [1.807, 2.05) is 30.3 Å². The van der Waals surface area contributed by atoms with Gasteiger partial charge in [-0.25, -0.2) is 19.0 Å². The van der Waals surface area contributed by atoms with Gasteiger partial charge in [0.05, 0.1) is 11.3 Å². The van der Waals surface area contributed by atoms with Crippen LogP contribution in [0.5, 0.6) is 0 Å². The Morgan fingerprint density at radius 2 is 1.75 bits per heavy atom. The molecule has 0 saturated carbocycles. The standard InChI is InChI=1S/C22H19Cl4FN4O5/c23-18-15(27)16(29-20(34)30-19(33)22(24,25)26)14(10-28-18)17(32)13-6-8-31(9-7-13)21(35)36-11-12-4-2-1-3-5-12/h1-5,10,13H,6-9,11H2,(H2,28,29,30,33,34). The predicted molar refractivity (Wildman–Crippen MR) is 132 cm³/mol. The molecule has 0 aliphatic carbocycles. The summed E-state index contributed by atoms with van der Waals surface area (Å²) in [5, 5.41) is 3.16. The maximum atomic E-state index is 14.7. The van der Waals surface area contributed by atoms with Gasteiger partial charge in [0.25, 0.3) is 9.70 Å². The van der Waals surface area contributed by atoms with Gasteiger partial charge in [0.1, 0.15) is 6.61 Å². The van der Waals surface area contributed by atoms with Crippen LogP contribution in [0.4, 0.5) is 19.7 Å². The zero-order valence-electron chi connectivity index (χ0n) is 18.4. The molecule has 14 heteroatoms. The van der Waals surface area contributed by atoms with Crippen LogP contribution in [0, 0.1) is 11.7 Å². The smallest absolute Gasteiger partial charge is 0.410 e. The molecule has 3 rings (SSSR count). The largest absolute Gasteiger partial charge is 0.445 e. The summed E-state index contributed by atoms with van der Waals surface area (Å²) in [4.78, 5) is 54.5. The number of nitrogens with zero attached hydrogens (tertiary/aromatic N) is 2. The first-order chi connectivity index (χ1) is 17.0. The van der Waals surface area contributed by atoms with E-state index in [-0.39, 0.29) is 38.1 Å². The van der Waals surface area contributed by atoms with Gasteiger partial charge in [-0.1, -0.05) is 76.7 Å². The van der Waals surface area contributed by atoms with E-state index in [0.29, 0.717) is 0 Å². The molecule has 0 unspecified atom stereocenters. The molecule has 2 heterocycles. The summed E-state index contributed by atoms with van der Waals surface area (Å²) in [5.41, 5.74) is -0.00872. The van der Waals surface area contributed by atoms with Gasteiger partial charge in [-0.3, -0.25) is 14.9 Å². The number of rotatable bonds is 5. The molecule has 2 aromatic rings. The Morgan fingerprint density at radius 1 is 1.11 bits per heavy atom. The maximum Gasteiger partial charge on any atom is 0.410 e. The second-order valence-electron chi connectivity index (χ2n) is 7.72. The lowest BCUT2D eigenvalue weighted by atomic mass is 9.89. The van der Waals surface area contributed by atoms with E-state index in [0.717, 1.165) is 11.8 Å². The summed E-state index contributed by atoms with van der Waals surface area (Å²) in [7, 11) is 0. The van der Waals surface area contributed by atoms with Gasteiger partial charge >= 0.3 is 12.1 Å². The van der Waals surface area contributed by atoms with Gasteiger partial charge in [-0.05, 0) is 18.4 Å². The fraction of sp³-hybridized carbons (Fsp3) is 0.318. The number of urea groups is 1. The van der Waals surface area contributed by atoms with Crippen molar-refractivity contribution < 1.29 is 28.3 Å². The minimum Gasteiger partial charge on any atom is -0.445 e. The number of hydrogen-bond acceptors (Lipinski definition) is 6. The van der Waals surface area contributed by atoms with E-state index in [2.05, 4.69) is 10.3 Å². The predicted octanol–water partition coefficient (Wildman–Crippen LogP) is 5.12. The fourth-order valence-corrected chi connectivity index (χ4v) is 3.73. The maximum absolute atomic E-state index is 14.7. The van der Waals surface area contributed by atoms with Crippen molar-refractivity contribution in [3.05, 3.63) is 58.6 Å². The second-order valence-corrected chi connectivity index (χ2v) is 10.4. The number of carbonyl (C=O) groups excluding carboxylic acids is 4. The number of halogens is 5. The third-order valence-corrected chi connectivity index (χ3v) is 6.07. The van der Waals surface area contributed by atoms with Gasteiger partial charge < -0.3 is 15.0 Å². The zero-order valence-corrected chi connectivity index (χ0v) is 21.4. The first-order valence-electron chi connectivity index (χ1n) is 10.5. The van der Waals surface area contributed by atoms with Crippen LogP contribution >= 0.6 is 46.4 Å². The number of pyridine rings is 1.